The molecule has 4 amide bonds. The lowest BCUT2D eigenvalue weighted by Gasteiger charge is -2.45. The molecule has 1 fully saturated rings. The van der Waals surface area contributed by atoms with Crippen LogP contribution in [0, 0.1) is 5.92 Å². The number of pyridine rings is 1. The number of imide groups is 1. The predicted octanol–water partition coefficient (Wildman–Crippen LogP) is 2.29. The number of nitrogens with two attached hydrogens (primary N) is 1. The zero-order valence-corrected chi connectivity index (χ0v) is 20.0. The number of rotatable bonds is 7. The van der Waals surface area contributed by atoms with Gasteiger partial charge in [-0.25, -0.2) is 9.78 Å². The van der Waals surface area contributed by atoms with Gasteiger partial charge in [-0.05, 0) is 36.1 Å². The summed E-state index contributed by atoms with van der Waals surface area (Å²) in [7, 11) is 3.34. The molecule has 1 aromatic carbocycles. The van der Waals surface area contributed by atoms with Gasteiger partial charge in [0.1, 0.15) is 11.9 Å². The topological polar surface area (TPSA) is 126 Å². The van der Waals surface area contributed by atoms with Crippen LogP contribution in [0.4, 0.5) is 16.4 Å². The Morgan fingerprint density at radius 2 is 1.94 bits per heavy atom. The van der Waals surface area contributed by atoms with Crippen LogP contribution in [0.2, 0.25) is 0 Å². The maximum atomic E-state index is 13.6. The van der Waals surface area contributed by atoms with Crippen LogP contribution in [0.15, 0.2) is 60.9 Å². The molecule has 1 aliphatic rings. The summed E-state index contributed by atoms with van der Waals surface area (Å²) in [5.74, 6) is -0.754. The van der Waals surface area contributed by atoms with Crippen LogP contribution >= 0.6 is 0 Å². The maximum Gasteiger partial charge on any atom is 0.325 e. The molecule has 1 unspecified atom stereocenters. The summed E-state index contributed by atoms with van der Waals surface area (Å²) in [5, 5.41) is 7.20. The average molecular weight is 476 g/mol. The molecule has 35 heavy (non-hydrogen) atoms. The van der Waals surface area contributed by atoms with E-state index in [0.717, 1.165) is 16.0 Å². The van der Waals surface area contributed by atoms with Gasteiger partial charge in [0.15, 0.2) is 5.82 Å². The van der Waals surface area contributed by atoms with Gasteiger partial charge >= 0.3 is 6.03 Å². The number of anilines is 2. The molecule has 3 heterocycles. The van der Waals surface area contributed by atoms with Gasteiger partial charge < -0.3 is 11.1 Å². The molecule has 4 rings (SSSR count). The molecule has 2 aromatic heterocycles. The molecule has 10 nitrogen and oxygen atoms in total. The van der Waals surface area contributed by atoms with E-state index in [4.69, 9.17) is 5.73 Å². The largest absolute Gasteiger partial charge is 0.384 e. The Labute approximate surface area is 203 Å². The number of hydrogen-bond acceptors (Lipinski definition) is 6. The van der Waals surface area contributed by atoms with Crippen LogP contribution in [0.1, 0.15) is 30.5 Å². The van der Waals surface area contributed by atoms with Crippen molar-refractivity contribution in [3.63, 3.8) is 0 Å². The van der Waals surface area contributed by atoms with Gasteiger partial charge in [0, 0.05) is 32.6 Å². The molecule has 182 valence electrons. The summed E-state index contributed by atoms with van der Waals surface area (Å²) in [6.45, 7) is 1.95. The molecular weight excluding hydrogens is 446 g/mol. The Kier molecular flexibility index (Phi) is 6.81. The lowest BCUT2D eigenvalue weighted by Crippen LogP contribution is -2.70. The maximum absolute atomic E-state index is 13.6. The van der Waals surface area contributed by atoms with Crippen molar-refractivity contribution in [1.82, 2.24) is 25.0 Å². The van der Waals surface area contributed by atoms with Crippen molar-refractivity contribution in [2.45, 2.75) is 31.8 Å². The second-order valence-electron chi connectivity index (χ2n) is 8.62. The van der Waals surface area contributed by atoms with Crippen molar-refractivity contribution >= 4 is 29.5 Å². The minimum absolute atomic E-state index is 0.262. The Morgan fingerprint density at radius 1 is 1.20 bits per heavy atom. The van der Waals surface area contributed by atoms with Gasteiger partial charge in [-0.2, -0.15) is 5.10 Å². The van der Waals surface area contributed by atoms with Gasteiger partial charge in [-0.1, -0.05) is 37.3 Å². The van der Waals surface area contributed by atoms with E-state index in [1.54, 1.807) is 49.4 Å². The molecule has 3 N–H and O–H groups in total. The zero-order valence-electron chi connectivity index (χ0n) is 20.0. The highest BCUT2D eigenvalue weighted by atomic mass is 16.2. The number of aromatic nitrogens is 3. The summed E-state index contributed by atoms with van der Waals surface area (Å²) in [6, 6.07) is 12.8. The van der Waals surface area contributed by atoms with Crippen LogP contribution in [-0.2, 0) is 23.1 Å². The van der Waals surface area contributed by atoms with Crippen molar-refractivity contribution in [2.75, 3.05) is 17.7 Å². The molecule has 3 atom stereocenters. The molecule has 1 saturated heterocycles. The molecule has 0 aliphatic carbocycles. The number of likely N-dealkylation sites (tertiary alicyclic amines) is 1. The van der Waals surface area contributed by atoms with Crippen LogP contribution in [-0.4, -0.2) is 50.6 Å². The van der Waals surface area contributed by atoms with Crippen molar-refractivity contribution in [3.8, 4) is 0 Å². The van der Waals surface area contributed by atoms with E-state index in [-0.39, 0.29) is 12.5 Å². The zero-order chi connectivity index (χ0) is 25.1. The van der Waals surface area contributed by atoms with Crippen molar-refractivity contribution in [1.29, 1.82) is 0 Å². The first-order valence-corrected chi connectivity index (χ1v) is 11.5. The average Bonchev–Trinajstić information content (AvgIpc) is 3.29. The molecule has 3 aromatic rings. The number of amides is 4. The SMILES string of the molecule is CCC(NC(=O)N1C(=O)[C@H](Cc2ccnc(N)c2)[C@H]1C(=O)N(C)c1ccn(C)n1)c1ccccc1. The summed E-state index contributed by atoms with van der Waals surface area (Å²) in [4.78, 5) is 46.4. The minimum atomic E-state index is -0.975. The number of hydrogen-bond donors (Lipinski definition) is 2. The van der Waals surface area contributed by atoms with E-state index in [9.17, 15) is 14.4 Å². The molecule has 1 aliphatic heterocycles. The van der Waals surface area contributed by atoms with E-state index in [0.29, 0.717) is 18.1 Å². The highest BCUT2D eigenvalue weighted by Gasteiger charge is 2.55. The third-order valence-electron chi connectivity index (χ3n) is 6.27. The van der Waals surface area contributed by atoms with E-state index >= 15 is 0 Å². The highest BCUT2D eigenvalue weighted by Crippen LogP contribution is 2.33. The van der Waals surface area contributed by atoms with Gasteiger partial charge in [-0.3, -0.25) is 24.1 Å². The summed E-state index contributed by atoms with van der Waals surface area (Å²) in [5.41, 5.74) is 7.49. The number of aryl methyl sites for hydroxylation is 1. The number of β-lactam (4-membered cyclic amide) rings is 1. The van der Waals surface area contributed by atoms with Gasteiger partial charge in [0.2, 0.25) is 5.91 Å². The first-order chi connectivity index (χ1) is 16.8. The van der Waals surface area contributed by atoms with Gasteiger partial charge in [0.25, 0.3) is 5.91 Å². The fourth-order valence-corrected chi connectivity index (χ4v) is 4.35. The standard InChI is InChI=1S/C25H29N7O3/c1-4-19(17-8-6-5-7-9-17)28-25(35)32-22(24(34)31(3)21-11-13-30(2)29-21)18(23(32)33)14-16-10-12-27-20(26)15-16/h5-13,15,18-19,22H,4,14H2,1-3H3,(H2,26,27)(H,28,35)/t18-,19?,22+/m1/s1. The molecular formula is C25H29N7O3. The van der Waals surface area contributed by atoms with E-state index in [1.165, 1.54) is 4.90 Å². The summed E-state index contributed by atoms with van der Waals surface area (Å²) >= 11 is 0. The van der Waals surface area contributed by atoms with Crippen molar-refractivity contribution < 1.29 is 14.4 Å². The number of benzene rings is 1. The third kappa shape index (κ3) is 4.86. The quantitative estimate of drug-likeness (QED) is 0.505. The number of carbonyl (C=O) groups is 3. The van der Waals surface area contributed by atoms with Crippen LogP contribution in [0.5, 0.6) is 0 Å². The second kappa shape index (κ2) is 9.96. The Morgan fingerprint density at radius 3 is 2.57 bits per heavy atom. The lowest BCUT2D eigenvalue weighted by atomic mass is 9.81. The molecule has 0 spiro atoms. The van der Waals surface area contributed by atoms with Gasteiger partial charge in [0.05, 0.1) is 12.0 Å². The van der Waals surface area contributed by atoms with E-state index in [1.807, 2.05) is 37.3 Å². The highest BCUT2D eigenvalue weighted by molar-refractivity contribution is 6.12. The molecule has 0 bridgehead atoms. The number of carbonyl (C=O) groups excluding carboxylic acids is 3. The predicted molar refractivity (Wildman–Crippen MR) is 131 cm³/mol. The number of nitrogens with one attached hydrogen (secondary N) is 1. The van der Waals surface area contributed by atoms with Crippen molar-refractivity contribution in [2.24, 2.45) is 13.0 Å². The Hall–Kier alpha value is -4.21. The normalized spacial score (nSPS) is 18.0. The number of nitrogen functional groups attached to an aromatic ring is 1. The Balaban J connectivity index is 1.59. The Bertz CT molecular complexity index is 1230. The van der Waals surface area contributed by atoms with Crippen LogP contribution in [0.25, 0.3) is 0 Å². The summed E-state index contributed by atoms with van der Waals surface area (Å²) < 4.78 is 1.58. The van der Waals surface area contributed by atoms with Crippen LogP contribution < -0.4 is 16.0 Å². The fourth-order valence-electron chi connectivity index (χ4n) is 4.35. The van der Waals surface area contributed by atoms with Crippen molar-refractivity contribution in [3.05, 3.63) is 72.1 Å². The second-order valence-corrected chi connectivity index (χ2v) is 8.62. The first kappa shape index (κ1) is 23.9. The number of likely N-dealkylation sites (N-methyl/N-ethyl adjacent to an activating group) is 1. The smallest absolute Gasteiger partial charge is 0.325 e. The number of urea groups is 1. The lowest BCUT2D eigenvalue weighted by molar-refractivity contribution is -0.156. The van der Waals surface area contributed by atoms with Crippen LogP contribution in [0.3, 0.4) is 0 Å². The first-order valence-electron chi connectivity index (χ1n) is 11.5. The molecule has 0 radical (unpaired) electrons. The van der Waals surface area contributed by atoms with E-state index < -0.39 is 29.8 Å². The monoisotopic (exact) mass is 475 g/mol. The minimum Gasteiger partial charge on any atom is -0.384 e. The van der Waals surface area contributed by atoms with E-state index in [2.05, 4.69) is 15.4 Å². The number of nitrogens with zero attached hydrogens (tertiary/aromatic N) is 5. The third-order valence-corrected chi connectivity index (χ3v) is 6.27. The summed E-state index contributed by atoms with van der Waals surface area (Å²) in [6.07, 6.45) is 4.17. The van der Waals surface area contributed by atoms with Gasteiger partial charge in [-0.15, -0.1) is 0 Å². The molecule has 10 heteroatoms. The fraction of sp³-hybridized carbons (Fsp3) is 0.320. The molecule has 0 saturated carbocycles.